The molecule has 1 aromatic heterocycles. The molecule has 1 aliphatic heterocycles. The van der Waals surface area contributed by atoms with Crippen LogP contribution in [-0.4, -0.2) is 30.6 Å². The summed E-state index contributed by atoms with van der Waals surface area (Å²) >= 11 is 0. The zero-order chi connectivity index (χ0) is 16.4. The van der Waals surface area contributed by atoms with Crippen LogP contribution in [0.1, 0.15) is 12.2 Å². The highest BCUT2D eigenvalue weighted by Crippen LogP contribution is 2.26. The topological polar surface area (TPSA) is 84.7 Å². The molecule has 1 N–H and O–H groups in total. The number of methoxy groups -OCH3 is 1. The first-order valence-electron chi connectivity index (χ1n) is 7.25. The number of anilines is 2. The number of benzene rings is 1. The molecule has 2 aromatic rings. The molecular weight excluding hydrogens is 298 g/mol. The molecule has 1 saturated heterocycles. The third kappa shape index (κ3) is 3.18. The van der Waals surface area contributed by atoms with Crippen LogP contribution in [0.25, 0.3) is 0 Å². The Balaban J connectivity index is 1.65. The number of aromatic nitrogens is 1. The Morgan fingerprint density at radius 3 is 2.74 bits per heavy atom. The Labute approximate surface area is 133 Å². The molecule has 1 fully saturated rings. The number of hydrogen-bond donors (Lipinski definition) is 1. The van der Waals surface area contributed by atoms with Crippen molar-refractivity contribution < 1.29 is 18.8 Å². The van der Waals surface area contributed by atoms with Gasteiger partial charge in [-0.05, 0) is 31.2 Å². The van der Waals surface area contributed by atoms with E-state index >= 15 is 0 Å². The number of amides is 2. The summed E-state index contributed by atoms with van der Waals surface area (Å²) in [6.07, 6.45) is 0.161. The highest BCUT2D eigenvalue weighted by Gasteiger charge is 2.36. The third-order valence-corrected chi connectivity index (χ3v) is 3.75. The number of ether oxygens (including phenoxy) is 1. The van der Waals surface area contributed by atoms with Crippen molar-refractivity contribution in [3.8, 4) is 5.75 Å². The molecular formula is C16H17N3O4. The van der Waals surface area contributed by atoms with E-state index in [0.29, 0.717) is 29.6 Å². The molecule has 7 heteroatoms. The molecule has 0 spiro atoms. The van der Waals surface area contributed by atoms with Crippen molar-refractivity contribution in [2.75, 3.05) is 23.9 Å². The van der Waals surface area contributed by atoms with Gasteiger partial charge in [-0.1, -0.05) is 5.16 Å². The summed E-state index contributed by atoms with van der Waals surface area (Å²) in [5, 5.41) is 6.65. The lowest BCUT2D eigenvalue weighted by Gasteiger charge is -2.13. The van der Waals surface area contributed by atoms with E-state index in [2.05, 4.69) is 10.5 Å². The largest absolute Gasteiger partial charge is 0.497 e. The van der Waals surface area contributed by atoms with Gasteiger partial charge in [0.1, 0.15) is 11.5 Å². The van der Waals surface area contributed by atoms with Gasteiger partial charge in [0.2, 0.25) is 11.8 Å². The molecule has 0 aliphatic carbocycles. The van der Waals surface area contributed by atoms with Gasteiger partial charge in [0.25, 0.3) is 0 Å². The average molecular weight is 315 g/mol. The minimum atomic E-state index is -0.415. The van der Waals surface area contributed by atoms with Crippen LogP contribution >= 0.6 is 0 Å². The monoisotopic (exact) mass is 315 g/mol. The summed E-state index contributed by atoms with van der Waals surface area (Å²) in [4.78, 5) is 25.9. The number of carbonyl (C=O) groups excluding carboxylic acids is 2. The summed E-state index contributed by atoms with van der Waals surface area (Å²) in [6.45, 7) is 2.05. The van der Waals surface area contributed by atoms with Crippen molar-refractivity contribution in [3.05, 3.63) is 36.1 Å². The molecule has 2 amide bonds. The van der Waals surface area contributed by atoms with E-state index in [1.165, 1.54) is 4.90 Å². The molecule has 120 valence electrons. The fourth-order valence-electron chi connectivity index (χ4n) is 2.50. The van der Waals surface area contributed by atoms with Crippen molar-refractivity contribution in [2.45, 2.75) is 13.3 Å². The van der Waals surface area contributed by atoms with Crippen molar-refractivity contribution >= 4 is 23.3 Å². The van der Waals surface area contributed by atoms with Crippen LogP contribution in [0.15, 0.2) is 34.9 Å². The van der Waals surface area contributed by atoms with Gasteiger partial charge in [-0.2, -0.15) is 0 Å². The Bertz CT molecular complexity index is 723. The zero-order valence-electron chi connectivity index (χ0n) is 12.9. The smallest absolute Gasteiger partial charge is 0.229 e. The van der Waals surface area contributed by atoms with Gasteiger partial charge in [-0.3, -0.25) is 14.5 Å². The predicted molar refractivity (Wildman–Crippen MR) is 83.3 cm³/mol. The van der Waals surface area contributed by atoms with Gasteiger partial charge in [0, 0.05) is 24.7 Å². The fourth-order valence-corrected chi connectivity index (χ4v) is 2.50. The third-order valence-electron chi connectivity index (χ3n) is 3.75. The van der Waals surface area contributed by atoms with Gasteiger partial charge in [-0.15, -0.1) is 0 Å². The van der Waals surface area contributed by atoms with Crippen molar-refractivity contribution in [2.24, 2.45) is 5.92 Å². The van der Waals surface area contributed by atoms with Gasteiger partial charge < -0.3 is 14.6 Å². The molecule has 0 bridgehead atoms. The summed E-state index contributed by atoms with van der Waals surface area (Å²) in [6, 6.07) is 8.72. The first kappa shape index (κ1) is 15.1. The second-order valence-corrected chi connectivity index (χ2v) is 5.42. The number of nitrogens with zero attached hydrogens (tertiary/aromatic N) is 2. The second kappa shape index (κ2) is 6.12. The van der Waals surface area contributed by atoms with Gasteiger partial charge in [-0.25, -0.2) is 0 Å². The molecule has 7 nitrogen and oxygen atoms in total. The van der Waals surface area contributed by atoms with E-state index < -0.39 is 5.92 Å². The maximum absolute atomic E-state index is 12.3. The lowest BCUT2D eigenvalue weighted by molar-refractivity contribution is -0.122. The lowest BCUT2D eigenvalue weighted by Crippen LogP contribution is -2.28. The molecule has 1 aliphatic rings. The van der Waals surface area contributed by atoms with Crippen LogP contribution in [0.2, 0.25) is 0 Å². The molecule has 0 radical (unpaired) electrons. The maximum Gasteiger partial charge on any atom is 0.229 e. The summed E-state index contributed by atoms with van der Waals surface area (Å²) in [5.74, 6) is 1.05. The van der Waals surface area contributed by atoms with E-state index in [1.807, 2.05) is 0 Å². The first-order valence-corrected chi connectivity index (χ1v) is 7.25. The Morgan fingerprint density at radius 1 is 1.39 bits per heavy atom. The summed E-state index contributed by atoms with van der Waals surface area (Å²) < 4.78 is 10.1. The maximum atomic E-state index is 12.3. The first-order chi connectivity index (χ1) is 11.1. The molecule has 3 rings (SSSR count). The Morgan fingerprint density at radius 2 is 2.13 bits per heavy atom. The van der Waals surface area contributed by atoms with Crippen LogP contribution in [0.5, 0.6) is 5.75 Å². The van der Waals surface area contributed by atoms with Crippen LogP contribution in [0.4, 0.5) is 11.5 Å². The average Bonchev–Trinajstić information content (AvgIpc) is 3.14. The molecule has 1 unspecified atom stereocenters. The fraction of sp³-hybridized carbons (Fsp3) is 0.312. The molecule has 2 heterocycles. The number of hydrogen-bond acceptors (Lipinski definition) is 5. The zero-order valence-corrected chi connectivity index (χ0v) is 12.9. The minimum absolute atomic E-state index is 0.131. The normalized spacial score (nSPS) is 17.4. The van der Waals surface area contributed by atoms with Crippen LogP contribution in [-0.2, 0) is 9.59 Å². The van der Waals surface area contributed by atoms with Crippen molar-refractivity contribution in [3.63, 3.8) is 0 Å². The van der Waals surface area contributed by atoms with E-state index in [-0.39, 0.29) is 18.2 Å². The second-order valence-electron chi connectivity index (χ2n) is 5.42. The van der Waals surface area contributed by atoms with E-state index in [0.717, 1.165) is 0 Å². The van der Waals surface area contributed by atoms with Gasteiger partial charge >= 0.3 is 0 Å². The molecule has 23 heavy (non-hydrogen) atoms. The van der Waals surface area contributed by atoms with Gasteiger partial charge in [0.05, 0.1) is 13.0 Å². The van der Waals surface area contributed by atoms with Gasteiger partial charge in [0.15, 0.2) is 5.82 Å². The minimum Gasteiger partial charge on any atom is -0.497 e. The molecule has 1 aromatic carbocycles. The highest BCUT2D eigenvalue weighted by molar-refractivity contribution is 6.03. The molecule has 1 atom stereocenters. The quantitative estimate of drug-likeness (QED) is 0.932. The Kier molecular flexibility index (Phi) is 4.01. The summed E-state index contributed by atoms with van der Waals surface area (Å²) in [5.41, 5.74) is 0.666. The van der Waals surface area contributed by atoms with Crippen molar-refractivity contribution in [1.29, 1.82) is 0 Å². The highest BCUT2D eigenvalue weighted by atomic mass is 16.5. The SMILES string of the molecule is COc1ccc(NC(=O)C2CC(=O)N(c3cc(C)on3)C2)cc1. The van der Waals surface area contributed by atoms with E-state index in [9.17, 15) is 9.59 Å². The number of aryl methyl sites for hydroxylation is 1. The number of carbonyl (C=O) groups is 2. The van der Waals surface area contributed by atoms with Crippen LogP contribution in [0.3, 0.4) is 0 Å². The number of nitrogens with one attached hydrogen (secondary N) is 1. The standard InChI is InChI=1S/C16H17N3O4/c1-10-7-14(18-23-10)19-9-11(8-15(19)20)16(21)17-12-3-5-13(22-2)6-4-12/h3-7,11H,8-9H2,1-2H3,(H,17,21). The van der Waals surface area contributed by atoms with E-state index in [1.54, 1.807) is 44.4 Å². The summed E-state index contributed by atoms with van der Waals surface area (Å²) in [7, 11) is 1.58. The van der Waals surface area contributed by atoms with Crippen LogP contribution < -0.4 is 15.0 Å². The lowest BCUT2D eigenvalue weighted by atomic mass is 10.1. The van der Waals surface area contributed by atoms with E-state index in [4.69, 9.17) is 9.26 Å². The van der Waals surface area contributed by atoms with Crippen LogP contribution in [0, 0.1) is 12.8 Å². The van der Waals surface area contributed by atoms with Crippen molar-refractivity contribution in [1.82, 2.24) is 5.16 Å². The predicted octanol–water partition coefficient (Wildman–Crippen LogP) is 1.98. The molecule has 0 saturated carbocycles. The number of rotatable bonds is 4. The Hall–Kier alpha value is -2.83.